The van der Waals surface area contributed by atoms with Gasteiger partial charge in [-0.15, -0.1) is 11.3 Å². The number of carbonyl (C=O) groups excluding carboxylic acids is 1. The fourth-order valence-electron chi connectivity index (χ4n) is 2.74. The van der Waals surface area contributed by atoms with Crippen molar-refractivity contribution in [1.29, 1.82) is 0 Å². The van der Waals surface area contributed by atoms with Gasteiger partial charge in [0.05, 0.1) is 24.6 Å². The van der Waals surface area contributed by atoms with Crippen LogP contribution in [0.15, 0.2) is 46.3 Å². The van der Waals surface area contributed by atoms with Crippen molar-refractivity contribution in [1.82, 2.24) is 15.5 Å². The van der Waals surface area contributed by atoms with Crippen molar-refractivity contribution >= 4 is 22.9 Å². The van der Waals surface area contributed by atoms with Crippen LogP contribution in [-0.4, -0.2) is 42.4 Å². The van der Waals surface area contributed by atoms with Crippen LogP contribution >= 0.6 is 11.3 Å². The Bertz CT molecular complexity index is 855. The van der Waals surface area contributed by atoms with Crippen molar-refractivity contribution in [2.75, 3.05) is 31.2 Å². The van der Waals surface area contributed by atoms with Crippen LogP contribution in [-0.2, 0) is 11.3 Å². The molecule has 0 bridgehead atoms. The molecule has 1 N–H and O–H groups in total. The molecule has 3 heterocycles. The van der Waals surface area contributed by atoms with E-state index in [1.165, 1.54) is 11.3 Å². The second kappa shape index (κ2) is 7.67. The first-order valence-corrected chi connectivity index (χ1v) is 9.25. The van der Waals surface area contributed by atoms with Crippen molar-refractivity contribution < 1.29 is 14.1 Å². The molecule has 0 radical (unpaired) electrons. The number of amides is 1. The molecule has 3 aromatic rings. The maximum absolute atomic E-state index is 11.9. The largest absolute Gasteiger partial charge is 0.378 e. The van der Waals surface area contributed by atoms with Gasteiger partial charge in [-0.3, -0.25) is 4.79 Å². The molecule has 1 aromatic carbocycles. The van der Waals surface area contributed by atoms with Crippen LogP contribution in [0.25, 0.3) is 11.4 Å². The van der Waals surface area contributed by atoms with Gasteiger partial charge in [0.1, 0.15) is 0 Å². The molecule has 0 atom stereocenters. The summed E-state index contributed by atoms with van der Waals surface area (Å²) in [5.74, 6) is 0.746. The summed E-state index contributed by atoms with van der Waals surface area (Å²) in [6, 6.07) is 11.7. The molecule has 26 heavy (non-hydrogen) atoms. The van der Waals surface area contributed by atoms with E-state index in [4.69, 9.17) is 9.26 Å². The number of aromatic nitrogens is 2. The minimum absolute atomic E-state index is 0.144. The Morgan fingerprint density at radius 1 is 1.19 bits per heavy atom. The number of nitrogens with one attached hydrogen (secondary N) is 1. The van der Waals surface area contributed by atoms with Crippen LogP contribution in [0.4, 0.5) is 5.69 Å². The lowest BCUT2D eigenvalue weighted by molar-refractivity contribution is 0.0950. The third-order valence-electron chi connectivity index (χ3n) is 4.11. The number of morpholine rings is 1. The van der Waals surface area contributed by atoms with Gasteiger partial charge in [-0.05, 0) is 35.7 Å². The number of ether oxygens (including phenoxy) is 1. The van der Waals surface area contributed by atoms with E-state index >= 15 is 0 Å². The van der Waals surface area contributed by atoms with Gasteiger partial charge in [0.15, 0.2) is 0 Å². The van der Waals surface area contributed by atoms with Crippen LogP contribution in [0.5, 0.6) is 0 Å². The van der Waals surface area contributed by atoms with Crippen LogP contribution in [0.1, 0.15) is 15.6 Å². The number of hydrogen-bond donors (Lipinski definition) is 1. The lowest BCUT2D eigenvalue weighted by atomic mass is 10.2. The van der Waals surface area contributed by atoms with E-state index in [1.54, 1.807) is 6.07 Å². The third-order valence-corrected chi connectivity index (χ3v) is 4.98. The number of hydrogen-bond acceptors (Lipinski definition) is 7. The summed E-state index contributed by atoms with van der Waals surface area (Å²) >= 11 is 1.39. The maximum Gasteiger partial charge on any atom is 0.261 e. The van der Waals surface area contributed by atoms with Gasteiger partial charge in [0.2, 0.25) is 11.7 Å². The first-order chi connectivity index (χ1) is 12.8. The smallest absolute Gasteiger partial charge is 0.261 e. The molecule has 1 fully saturated rings. The Hall–Kier alpha value is -2.71. The molecule has 2 aromatic heterocycles. The number of carbonyl (C=O) groups is 1. The normalized spacial score (nSPS) is 14.4. The van der Waals surface area contributed by atoms with Gasteiger partial charge in [-0.25, -0.2) is 0 Å². The number of rotatable bonds is 5. The summed E-state index contributed by atoms with van der Waals surface area (Å²) in [5, 5.41) is 8.64. The lowest BCUT2D eigenvalue weighted by Gasteiger charge is -2.28. The monoisotopic (exact) mass is 370 g/mol. The second-order valence-corrected chi connectivity index (χ2v) is 6.77. The van der Waals surface area contributed by atoms with E-state index in [1.807, 2.05) is 23.6 Å². The van der Waals surface area contributed by atoms with Gasteiger partial charge in [-0.2, -0.15) is 4.98 Å². The fraction of sp³-hybridized carbons (Fsp3) is 0.278. The molecule has 7 nitrogen and oxygen atoms in total. The predicted octanol–water partition coefficient (Wildman–Crippen LogP) is 2.56. The molecule has 8 heteroatoms. The van der Waals surface area contributed by atoms with Crippen LogP contribution in [0, 0.1) is 0 Å². The minimum Gasteiger partial charge on any atom is -0.378 e. The summed E-state index contributed by atoms with van der Waals surface area (Å²) in [7, 11) is 0. The fourth-order valence-corrected chi connectivity index (χ4v) is 3.38. The maximum atomic E-state index is 11.9. The number of benzene rings is 1. The Labute approximate surface area is 154 Å². The molecule has 1 aliphatic heterocycles. The standard InChI is InChI=1S/C18H18N4O3S/c23-18(15-2-1-11-26-15)19-12-16-20-17(21-25-16)13-3-5-14(6-4-13)22-7-9-24-10-8-22/h1-6,11H,7-10,12H2,(H,19,23). The summed E-state index contributed by atoms with van der Waals surface area (Å²) in [4.78, 5) is 19.2. The van der Waals surface area contributed by atoms with Gasteiger partial charge >= 0.3 is 0 Å². The summed E-state index contributed by atoms with van der Waals surface area (Å²) in [6.07, 6.45) is 0. The minimum atomic E-state index is -0.144. The Balaban J connectivity index is 1.38. The molecule has 1 amide bonds. The molecule has 1 aliphatic rings. The van der Waals surface area contributed by atoms with E-state index in [-0.39, 0.29) is 12.5 Å². The molecule has 0 saturated carbocycles. The highest BCUT2D eigenvalue weighted by Crippen LogP contribution is 2.22. The van der Waals surface area contributed by atoms with Crippen molar-refractivity contribution in [2.45, 2.75) is 6.54 Å². The number of anilines is 1. The second-order valence-electron chi connectivity index (χ2n) is 5.82. The first kappa shape index (κ1) is 16.7. The highest BCUT2D eigenvalue weighted by molar-refractivity contribution is 7.12. The average molecular weight is 370 g/mol. The first-order valence-electron chi connectivity index (χ1n) is 8.37. The summed E-state index contributed by atoms with van der Waals surface area (Å²) in [5.41, 5.74) is 2.03. The van der Waals surface area contributed by atoms with Crippen LogP contribution in [0.2, 0.25) is 0 Å². The van der Waals surface area contributed by atoms with Crippen LogP contribution in [0.3, 0.4) is 0 Å². The van der Waals surface area contributed by atoms with Crippen molar-refractivity contribution in [3.63, 3.8) is 0 Å². The molecule has 0 aliphatic carbocycles. The van der Waals surface area contributed by atoms with Crippen molar-refractivity contribution in [3.05, 3.63) is 52.5 Å². The third kappa shape index (κ3) is 3.76. The van der Waals surface area contributed by atoms with E-state index < -0.39 is 0 Å². The zero-order chi connectivity index (χ0) is 17.8. The Morgan fingerprint density at radius 2 is 2.00 bits per heavy atom. The molecular weight excluding hydrogens is 352 g/mol. The average Bonchev–Trinajstić information content (AvgIpc) is 3.39. The van der Waals surface area contributed by atoms with E-state index in [2.05, 4.69) is 32.5 Å². The van der Waals surface area contributed by atoms with E-state index in [0.717, 1.165) is 37.6 Å². The van der Waals surface area contributed by atoms with E-state index in [9.17, 15) is 4.79 Å². The highest BCUT2D eigenvalue weighted by atomic mass is 32.1. The zero-order valence-electron chi connectivity index (χ0n) is 14.1. The zero-order valence-corrected chi connectivity index (χ0v) is 14.9. The van der Waals surface area contributed by atoms with Crippen molar-refractivity contribution in [3.8, 4) is 11.4 Å². The number of nitrogens with zero attached hydrogens (tertiary/aromatic N) is 3. The van der Waals surface area contributed by atoms with Crippen molar-refractivity contribution in [2.24, 2.45) is 0 Å². The Morgan fingerprint density at radius 3 is 2.73 bits per heavy atom. The van der Waals surface area contributed by atoms with Gasteiger partial charge < -0.3 is 19.5 Å². The van der Waals surface area contributed by atoms with Gasteiger partial charge in [0.25, 0.3) is 5.91 Å². The molecular formula is C18H18N4O3S. The predicted molar refractivity (Wildman–Crippen MR) is 98.3 cm³/mol. The summed E-state index contributed by atoms with van der Waals surface area (Å²) < 4.78 is 10.6. The molecule has 1 saturated heterocycles. The Kier molecular flexibility index (Phi) is 4.94. The number of thiophene rings is 1. The lowest BCUT2D eigenvalue weighted by Crippen LogP contribution is -2.36. The van der Waals surface area contributed by atoms with Gasteiger partial charge in [-0.1, -0.05) is 11.2 Å². The highest BCUT2D eigenvalue weighted by Gasteiger charge is 2.14. The quantitative estimate of drug-likeness (QED) is 0.743. The van der Waals surface area contributed by atoms with Gasteiger partial charge in [0, 0.05) is 24.3 Å². The molecule has 134 valence electrons. The molecule has 0 spiro atoms. The molecule has 0 unspecified atom stereocenters. The summed E-state index contributed by atoms with van der Waals surface area (Å²) in [6.45, 7) is 3.52. The topological polar surface area (TPSA) is 80.5 Å². The molecule has 4 rings (SSSR count). The van der Waals surface area contributed by atoms with Crippen LogP contribution < -0.4 is 10.2 Å². The SMILES string of the molecule is O=C(NCc1nc(-c2ccc(N3CCOCC3)cc2)no1)c1cccs1. The van der Waals surface area contributed by atoms with E-state index in [0.29, 0.717) is 16.6 Å².